The van der Waals surface area contributed by atoms with Gasteiger partial charge in [0.15, 0.2) is 5.76 Å². The Morgan fingerprint density at radius 1 is 1.26 bits per heavy atom. The lowest BCUT2D eigenvalue weighted by Gasteiger charge is -2.05. The molecule has 27 heavy (non-hydrogen) atoms. The van der Waals surface area contributed by atoms with E-state index in [4.69, 9.17) is 4.42 Å². The molecule has 0 spiro atoms. The Labute approximate surface area is 153 Å². The maximum Gasteiger partial charge on any atom is 0.346 e. The summed E-state index contributed by atoms with van der Waals surface area (Å²) in [5, 5.41) is 10.9. The maximum atomic E-state index is 12.7. The molecule has 10 heteroatoms. The molecule has 3 heterocycles. The Morgan fingerprint density at radius 3 is 2.74 bits per heavy atom. The second-order valence-corrected chi connectivity index (χ2v) is 6.34. The number of hydrogen-bond donors (Lipinski definition) is 1. The number of rotatable bonds is 6. The highest BCUT2D eigenvalue weighted by Crippen LogP contribution is 2.36. The summed E-state index contributed by atoms with van der Waals surface area (Å²) < 4.78 is 9.45. The number of carbonyl (C=O) groups excluding carboxylic acids is 1. The fraction of sp³-hybridized carbons (Fsp3) is 0.353. The Balaban J connectivity index is 1.48. The summed E-state index contributed by atoms with van der Waals surface area (Å²) in [6.45, 7) is 0.409. The molecule has 1 aliphatic carbocycles. The van der Waals surface area contributed by atoms with Crippen molar-refractivity contribution in [1.29, 1.82) is 0 Å². The first-order valence-electron chi connectivity index (χ1n) is 8.60. The van der Waals surface area contributed by atoms with E-state index in [1.54, 1.807) is 16.7 Å². The minimum absolute atomic E-state index is 0.129. The quantitative estimate of drug-likeness (QED) is 0.661. The van der Waals surface area contributed by atoms with Crippen LogP contribution in [0.4, 0.5) is 0 Å². The van der Waals surface area contributed by atoms with E-state index < -0.39 is 5.91 Å². The van der Waals surface area contributed by atoms with E-state index in [1.165, 1.54) is 30.1 Å². The first-order chi connectivity index (χ1) is 13.0. The number of aromatic nitrogens is 5. The monoisotopic (exact) mass is 370 g/mol. The molecule has 0 saturated heterocycles. The van der Waals surface area contributed by atoms with E-state index in [0.29, 0.717) is 11.6 Å². The van der Waals surface area contributed by atoms with Crippen molar-refractivity contribution in [2.24, 2.45) is 7.05 Å². The summed E-state index contributed by atoms with van der Waals surface area (Å²) in [7, 11) is 1.47. The number of carbonyl (C=O) groups is 1. The average Bonchev–Trinajstić information content (AvgIpc) is 3.22. The molecular formula is C17H18N6O4. The number of hydrogen-bond acceptors (Lipinski definition) is 6. The predicted molar refractivity (Wildman–Crippen MR) is 94.3 cm³/mol. The van der Waals surface area contributed by atoms with Gasteiger partial charge in [0.1, 0.15) is 5.69 Å². The normalized spacial score (nSPS) is 13.7. The zero-order valence-corrected chi connectivity index (χ0v) is 14.7. The number of furan rings is 1. The van der Waals surface area contributed by atoms with Gasteiger partial charge in [-0.2, -0.15) is 5.10 Å². The van der Waals surface area contributed by atoms with Gasteiger partial charge in [0.25, 0.3) is 11.5 Å². The molecular weight excluding hydrogens is 352 g/mol. The van der Waals surface area contributed by atoms with E-state index in [0.717, 1.165) is 17.5 Å². The zero-order valence-electron chi connectivity index (χ0n) is 14.7. The highest BCUT2D eigenvalue weighted by Gasteiger charge is 2.31. The molecule has 1 saturated carbocycles. The molecule has 3 aromatic rings. The lowest BCUT2D eigenvalue weighted by atomic mass is 10.3. The summed E-state index contributed by atoms with van der Waals surface area (Å²) in [6, 6.07) is 6.30. The van der Waals surface area contributed by atoms with Crippen LogP contribution in [-0.2, 0) is 13.6 Å². The molecule has 4 rings (SSSR count). The fourth-order valence-electron chi connectivity index (χ4n) is 2.79. The van der Waals surface area contributed by atoms with Crippen LogP contribution in [0.25, 0.3) is 11.6 Å². The van der Waals surface area contributed by atoms with Gasteiger partial charge in [-0.25, -0.2) is 14.2 Å². The minimum Gasteiger partial charge on any atom is -0.461 e. The second-order valence-electron chi connectivity index (χ2n) is 6.34. The highest BCUT2D eigenvalue weighted by atomic mass is 16.3. The molecule has 0 atom stereocenters. The van der Waals surface area contributed by atoms with E-state index in [1.807, 2.05) is 0 Å². The summed E-state index contributed by atoms with van der Waals surface area (Å²) >= 11 is 0. The Kier molecular flexibility index (Phi) is 4.22. The van der Waals surface area contributed by atoms with Crippen molar-refractivity contribution in [3.63, 3.8) is 0 Å². The van der Waals surface area contributed by atoms with Gasteiger partial charge >= 0.3 is 5.69 Å². The molecule has 1 aliphatic rings. The van der Waals surface area contributed by atoms with E-state index >= 15 is 0 Å². The lowest BCUT2D eigenvalue weighted by molar-refractivity contribution is 0.0944. The predicted octanol–water partition coefficient (Wildman–Crippen LogP) is 0.163. The largest absolute Gasteiger partial charge is 0.461 e. The Morgan fingerprint density at radius 2 is 2.07 bits per heavy atom. The standard InChI is InChI=1S/C17H18N6O4/c1-21-14(24)7-6-12(19-21)16(25)18-8-9-22-17(26)23(11-4-5-11)15(20-22)13-3-2-10-27-13/h2-3,6-7,10-11H,4-5,8-9H2,1H3,(H,18,25). The van der Waals surface area contributed by atoms with Crippen LogP contribution in [0.3, 0.4) is 0 Å². The van der Waals surface area contributed by atoms with Gasteiger partial charge in [0, 0.05) is 25.7 Å². The van der Waals surface area contributed by atoms with Gasteiger partial charge in [-0.3, -0.25) is 14.2 Å². The van der Waals surface area contributed by atoms with Crippen LogP contribution in [0.15, 0.2) is 44.5 Å². The number of aryl methyl sites for hydroxylation is 1. The van der Waals surface area contributed by atoms with E-state index in [2.05, 4.69) is 15.5 Å². The van der Waals surface area contributed by atoms with Crippen LogP contribution in [0.5, 0.6) is 0 Å². The van der Waals surface area contributed by atoms with Crippen LogP contribution in [-0.4, -0.2) is 36.6 Å². The number of nitrogens with one attached hydrogen (secondary N) is 1. The minimum atomic E-state index is -0.425. The molecule has 0 bridgehead atoms. The van der Waals surface area contributed by atoms with Gasteiger partial charge in [0.2, 0.25) is 5.82 Å². The van der Waals surface area contributed by atoms with Gasteiger partial charge in [0.05, 0.1) is 12.8 Å². The molecule has 3 aromatic heterocycles. The second kappa shape index (κ2) is 6.71. The van der Waals surface area contributed by atoms with Crippen LogP contribution in [0.2, 0.25) is 0 Å². The molecule has 0 aromatic carbocycles. The Hall–Kier alpha value is -3.43. The van der Waals surface area contributed by atoms with Crippen LogP contribution < -0.4 is 16.6 Å². The molecule has 0 aliphatic heterocycles. The molecule has 1 N–H and O–H groups in total. The number of nitrogens with zero attached hydrogens (tertiary/aromatic N) is 5. The third kappa shape index (κ3) is 3.33. The van der Waals surface area contributed by atoms with Crippen LogP contribution in [0, 0.1) is 0 Å². The summed E-state index contributed by atoms with van der Waals surface area (Å²) in [6.07, 6.45) is 3.42. The lowest BCUT2D eigenvalue weighted by Crippen LogP contribution is -2.33. The third-order valence-electron chi connectivity index (χ3n) is 4.33. The van der Waals surface area contributed by atoms with Gasteiger partial charge in [-0.05, 0) is 31.0 Å². The SMILES string of the molecule is Cn1nc(C(=O)NCCn2nc(-c3ccco3)n(C3CC3)c2=O)ccc1=O. The average molecular weight is 370 g/mol. The molecule has 0 radical (unpaired) electrons. The topological polar surface area (TPSA) is 117 Å². The molecule has 1 amide bonds. The molecule has 1 fully saturated rings. The first kappa shape index (κ1) is 17.0. The Bertz CT molecular complexity index is 1090. The molecule has 10 nitrogen and oxygen atoms in total. The van der Waals surface area contributed by atoms with E-state index in [-0.39, 0.29) is 36.1 Å². The van der Waals surface area contributed by atoms with Crippen molar-refractivity contribution in [3.8, 4) is 11.6 Å². The maximum absolute atomic E-state index is 12.7. The number of amides is 1. The third-order valence-corrected chi connectivity index (χ3v) is 4.33. The van der Waals surface area contributed by atoms with Crippen LogP contribution >= 0.6 is 0 Å². The smallest absolute Gasteiger partial charge is 0.346 e. The van der Waals surface area contributed by atoms with Crippen molar-refractivity contribution < 1.29 is 9.21 Å². The van der Waals surface area contributed by atoms with Crippen molar-refractivity contribution in [2.45, 2.75) is 25.4 Å². The summed E-state index contributed by atoms with van der Waals surface area (Å²) in [5.41, 5.74) is -0.392. The summed E-state index contributed by atoms with van der Waals surface area (Å²) in [4.78, 5) is 36.1. The van der Waals surface area contributed by atoms with Gasteiger partial charge in [-0.15, -0.1) is 5.10 Å². The molecule has 0 unspecified atom stereocenters. The highest BCUT2D eigenvalue weighted by molar-refractivity contribution is 5.91. The van der Waals surface area contributed by atoms with Crippen molar-refractivity contribution in [2.75, 3.05) is 6.54 Å². The fourth-order valence-corrected chi connectivity index (χ4v) is 2.79. The summed E-state index contributed by atoms with van der Waals surface area (Å²) in [5.74, 6) is 0.612. The van der Waals surface area contributed by atoms with Gasteiger partial charge < -0.3 is 9.73 Å². The van der Waals surface area contributed by atoms with Crippen molar-refractivity contribution >= 4 is 5.91 Å². The van der Waals surface area contributed by atoms with Crippen molar-refractivity contribution in [1.82, 2.24) is 29.4 Å². The van der Waals surface area contributed by atoms with E-state index in [9.17, 15) is 14.4 Å². The van der Waals surface area contributed by atoms with Gasteiger partial charge in [-0.1, -0.05) is 0 Å². The zero-order chi connectivity index (χ0) is 19.0. The van der Waals surface area contributed by atoms with Crippen molar-refractivity contribution in [3.05, 3.63) is 57.1 Å². The first-order valence-corrected chi connectivity index (χ1v) is 8.60. The van der Waals surface area contributed by atoms with Crippen LogP contribution in [0.1, 0.15) is 29.4 Å². The molecule has 140 valence electrons.